The predicted molar refractivity (Wildman–Crippen MR) is 81.2 cm³/mol. The smallest absolute Gasteiger partial charge is 0.140 e. The molecule has 1 atom stereocenters. The van der Waals surface area contributed by atoms with Crippen LogP contribution in [0.3, 0.4) is 0 Å². The molecule has 1 unspecified atom stereocenters. The van der Waals surface area contributed by atoms with Gasteiger partial charge in [-0.3, -0.25) is 4.79 Å². The number of ketones is 1. The maximum Gasteiger partial charge on any atom is 0.140 e. The first-order valence-electron chi connectivity index (χ1n) is 6.95. The fourth-order valence-electron chi connectivity index (χ4n) is 1.95. The van der Waals surface area contributed by atoms with Gasteiger partial charge >= 0.3 is 0 Å². The molecule has 0 aromatic heterocycles. The molecule has 0 saturated heterocycles. The summed E-state index contributed by atoms with van der Waals surface area (Å²) in [4.78, 5) is 12.3. The molecule has 0 amide bonds. The largest absolute Gasteiger partial charge is 0.305 e. The van der Waals surface area contributed by atoms with Crippen molar-refractivity contribution in [1.29, 1.82) is 0 Å². The summed E-state index contributed by atoms with van der Waals surface area (Å²) in [7, 11) is 0. The van der Waals surface area contributed by atoms with Crippen molar-refractivity contribution in [2.45, 2.75) is 59.5 Å². The van der Waals surface area contributed by atoms with E-state index in [2.05, 4.69) is 38.2 Å². The average molecular weight is 261 g/mol. The quantitative estimate of drug-likeness (QED) is 0.883. The van der Waals surface area contributed by atoms with E-state index in [4.69, 9.17) is 0 Å². The first-order chi connectivity index (χ1) is 8.59. The summed E-state index contributed by atoms with van der Waals surface area (Å²) >= 11 is 0. The maximum absolute atomic E-state index is 12.3. The zero-order valence-electron chi connectivity index (χ0n) is 13.1. The first-order valence-corrected chi connectivity index (χ1v) is 6.95. The van der Waals surface area contributed by atoms with Crippen LogP contribution in [-0.4, -0.2) is 11.3 Å². The third-order valence-electron chi connectivity index (χ3n) is 3.04. The van der Waals surface area contributed by atoms with Crippen LogP contribution < -0.4 is 5.32 Å². The lowest BCUT2D eigenvalue weighted by Crippen LogP contribution is -2.40. The Balaban J connectivity index is 2.91. The molecule has 0 aliphatic heterocycles. The highest BCUT2D eigenvalue weighted by Crippen LogP contribution is 2.26. The van der Waals surface area contributed by atoms with Crippen molar-refractivity contribution in [2.24, 2.45) is 5.41 Å². The molecule has 0 saturated carbocycles. The molecule has 1 aromatic rings. The molecule has 0 bridgehead atoms. The van der Waals surface area contributed by atoms with Gasteiger partial charge in [-0.25, -0.2) is 0 Å². The molecule has 0 aliphatic rings. The summed E-state index contributed by atoms with van der Waals surface area (Å²) < 4.78 is 0. The molecule has 1 rings (SSSR count). The molecule has 106 valence electrons. The standard InChI is InChI=1S/C17H27NO/c1-16(2,3)15(19)12-14(18-17(4,5)6)13-10-8-7-9-11-13/h7-11,14,18H,12H2,1-6H3. The minimum atomic E-state index is -0.285. The number of carbonyl (C=O) groups excluding carboxylic acids is 1. The molecule has 0 spiro atoms. The molecule has 0 fully saturated rings. The van der Waals surface area contributed by atoms with Crippen molar-refractivity contribution in [3.63, 3.8) is 0 Å². The van der Waals surface area contributed by atoms with Crippen LogP contribution in [0.1, 0.15) is 59.6 Å². The van der Waals surface area contributed by atoms with Crippen LogP contribution >= 0.6 is 0 Å². The van der Waals surface area contributed by atoms with Gasteiger partial charge in [0.2, 0.25) is 0 Å². The molecule has 2 heteroatoms. The summed E-state index contributed by atoms with van der Waals surface area (Å²) in [6.07, 6.45) is 0.533. The summed E-state index contributed by atoms with van der Waals surface area (Å²) in [5.74, 6) is 0.290. The van der Waals surface area contributed by atoms with Crippen LogP contribution in [-0.2, 0) is 4.79 Å². The van der Waals surface area contributed by atoms with E-state index in [1.54, 1.807) is 0 Å². The van der Waals surface area contributed by atoms with Crippen LogP contribution in [0.5, 0.6) is 0 Å². The molecule has 1 aromatic carbocycles. The Kier molecular flexibility index (Phi) is 4.92. The number of nitrogens with one attached hydrogen (secondary N) is 1. The van der Waals surface area contributed by atoms with Crippen molar-refractivity contribution < 1.29 is 4.79 Å². The van der Waals surface area contributed by atoms with Crippen LogP contribution in [0.4, 0.5) is 0 Å². The molecule has 2 nitrogen and oxygen atoms in total. The fourth-order valence-corrected chi connectivity index (χ4v) is 1.95. The number of hydrogen-bond donors (Lipinski definition) is 1. The molecule has 0 radical (unpaired) electrons. The lowest BCUT2D eigenvalue weighted by Gasteiger charge is -2.30. The van der Waals surface area contributed by atoms with E-state index in [1.165, 1.54) is 5.56 Å². The SMILES string of the molecule is CC(C)(C)NC(CC(=O)C(C)(C)C)c1ccccc1. The lowest BCUT2D eigenvalue weighted by atomic mass is 9.85. The summed E-state index contributed by atoms with van der Waals surface area (Å²) in [6.45, 7) is 12.3. The van der Waals surface area contributed by atoms with Crippen molar-refractivity contribution in [1.82, 2.24) is 5.32 Å². The lowest BCUT2D eigenvalue weighted by molar-refractivity contribution is -0.126. The second kappa shape index (κ2) is 5.87. The Labute approximate surface area is 117 Å². The fraction of sp³-hybridized carbons (Fsp3) is 0.588. The van der Waals surface area contributed by atoms with Crippen LogP contribution in [0.15, 0.2) is 30.3 Å². The molecular formula is C17H27NO. The van der Waals surface area contributed by atoms with E-state index in [0.29, 0.717) is 6.42 Å². The number of benzene rings is 1. The topological polar surface area (TPSA) is 29.1 Å². The monoisotopic (exact) mass is 261 g/mol. The van der Waals surface area contributed by atoms with E-state index >= 15 is 0 Å². The van der Waals surface area contributed by atoms with Gasteiger partial charge in [-0.05, 0) is 26.3 Å². The molecule has 1 N–H and O–H groups in total. The average Bonchev–Trinajstić information content (AvgIpc) is 2.26. The first kappa shape index (κ1) is 15.9. The Morgan fingerprint density at radius 1 is 1.05 bits per heavy atom. The number of rotatable bonds is 4. The molecule has 0 aliphatic carbocycles. The number of carbonyl (C=O) groups is 1. The number of hydrogen-bond acceptors (Lipinski definition) is 2. The Morgan fingerprint density at radius 3 is 2.00 bits per heavy atom. The van der Waals surface area contributed by atoms with Crippen molar-refractivity contribution in [3.8, 4) is 0 Å². The van der Waals surface area contributed by atoms with Gasteiger partial charge < -0.3 is 5.32 Å². The van der Waals surface area contributed by atoms with E-state index < -0.39 is 0 Å². The summed E-state index contributed by atoms with van der Waals surface area (Å²) in [6, 6.07) is 10.3. The zero-order chi connectivity index (χ0) is 14.7. The predicted octanol–water partition coefficient (Wildman–Crippen LogP) is 4.12. The Hall–Kier alpha value is -1.15. The highest BCUT2D eigenvalue weighted by atomic mass is 16.1. The molecular weight excluding hydrogens is 234 g/mol. The van der Waals surface area contributed by atoms with Gasteiger partial charge in [0.25, 0.3) is 0 Å². The van der Waals surface area contributed by atoms with Crippen LogP contribution in [0.25, 0.3) is 0 Å². The van der Waals surface area contributed by atoms with Gasteiger partial charge in [-0.15, -0.1) is 0 Å². The van der Waals surface area contributed by atoms with Crippen molar-refractivity contribution in [3.05, 3.63) is 35.9 Å². The number of Topliss-reactive ketones (excluding diaryl/α,β-unsaturated/α-hetero) is 1. The minimum Gasteiger partial charge on any atom is -0.305 e. The second-order valence-electron chi connectivity index (χ2n) is 7.23. The van der Waals surface area contributed by atoms with Crippen molar-refractivity contribution >= 4 is 5.78 Å². The second-order valence-corrected chi connectivity index (χ2v) is 7.23. The van der Waals surface area contributed by atoms with Crippen LogP contribution in [0, 0.1) is 5.41 Å². The summed E-state index contributed by atoms with van der Waals surface area (Å²) in [5, 5.41) is 3.55. The van der Waals surface area contributed by atoms with E-state index in [-0.39, 0.29) is 22.8 Å². The van der Waals surface area contributed by atoms with Gasteiger partial charge in [0.05, 0.1) is 0 Å². The molecule has 19 heavy (non-hydrogen) atoms. The highest BCUT2D eigenvalue weighted by Gasteiger charge is 2.27. The Bertz CT molecular complexity index is 409. The molecule has 0 heterocycles. The minimum absolute atomic E-state index is 0.0152. The highest BCUT2D eigenvalue weighted by molar-refractivity contribution is 5.84. The van der Waals surface area contributed by atoms with E-state index in [0.717, 1.165) is 0 Å². The van der Waals surface area contributed by atoms with E-state index in [1.807, 2.05) is 39.0 Å². The van der Waals surface area contributed by atoms with Gasteiger partial charge in [0.15, 0.2) is 0 Å². The van der Waals surface area contributed by atoms with Gasteiger partial charge in [0.1, 0.15) is 5.78 Å². The van der Waals surface area contributed by atoms with E-state index in [9.17, 15) is 4.79 Å². The third kappa shape index (κ3) is 5.56. The van der Waals surface area contributed by atoms with Gasteiger partial charge in [-0.1, -0.05) is 51.1 Å². The summed E-state index contributed by atoms with van der Waals surface area (Å²) in [5.41, 5.74) is 0.876. The van der Waals surface area contributed by atoms with Crippen LogP contribution in [0.2, 0.25) is 0 Å². The normalized spacial score (nSPS) is 14.2. The zero-order valence-corrected chi connectivity index (χ0v) is 13.1. The maximum atomic E-state index is 12.3. The Morgan fingerprint density at radius 2 is 1.58 bits per heavy atom. The van der Waals surface area contributed by atoms with Gasteiger partial charge in [0, 0.05) is 23.4 Å². The third-order valence-corrected chi connectivity index (χ3v) is 3.04. The van der Waals surface area contributed by atoms with Crippen molar-refractivity contribution in [2.75, 3.05) is 0 Å². The van der Waals surface area contributed by atoms with Gasteiger partial charge in [-0.2, -0.15) is 0 Å².